The SMILES string of the molecule is COCCOc1nc2ncccc2n1[C@H]1CCCN(C(=O)Cc2cc(Cl)cc(Cl)c2)C1. The first kappa shape index (κ1) is 21.9. The summed E-state index contributed by atoms with van der Waals surface area (Å²) in [5, 5.41) is 1.06. The van der Waals surface area contributed by atoms with Crippen LogP contribution in [-0.4, -0.2) is 58.8 Å². The molecule has 0 saturated carbocycles. The van der Waals surface area contributed by atoms with Crippen LogP contribution in [0.15, 0.2) is 36.5 Å². The van der Waals surface area contributed by atoms with Gasteiger partial charge >= 0.3 is 0 Å². The van der Waals surface area contributed by atoms with Crippen LogP contribution in [0.1, 0.15) is 24.4 Å². The Hall–Kier alpha value is -2.35. The van der Waals surface area contributed by atoms with Crippen LogP contribution in [0.4, 0.5) is 0 Å². The Morgan fingerprint density at radius 3 is 2.81 bits per heavy atom. The molecule has 3 heterocycles. The summed E-state index contributed by atoms with van der Waals surface area (Å²) in [4.78, 5) is 23.8. The maximum absolute atomic E-state index is 13.0. The Balaban J connectivity index is 1.54. The maximum Gasteiger partial charge on any atom is 0.299 e. The van der Waals surface area contributed by atoms with Crippen molar-refractivity contribution in [2.45, 2.75) is 25.3 Å². The van der Waals surface area contributed by atoms with E-state index in [0.717, 1.165) is 23.9 Å². The van der Waals surface area contributed by atoms with Crippen LogP contribution in [0.2, 0.25) is 10.0 Å². The quantitative estimate of drug-likeness (QED) is 0.492. The molecular formula is C22H24Cl2N4O3. The Morgan fingerprint density at radius 2 is 2.03 bits per heavy atom. The number of hydrogen-bond acceptors (Lipinski definition) is 5. The number of carbonyl (C=O) groups excluding carboxylic acids is 1. The van der Waals surface area contributed by atoms with Crippen LogP contribution < -0.4 is 4.74 Å². The Kier molecular flexibility index (Phi) is 6.95. The minimum absolute atomic E-state index is 0.0485. The summed E-state index contributed by atoms with van der Waals surface area (Å²) in [6.45, 7) is 2.15. The van der Waals surface area contributed by atoms with E-state index in [1.165, 1.54) is 0 Å². The number of imidazole rings is 1. The summed E-state index contributed by atoms with van der Waals surface area (Å²) in [5.74, 6) is 0.0485. The van der Waals surface area contributed by atoms with Crippen LogP contribution >= 0.6 is 23.2 Å². The van der Waals surface area contributed by atoms with Gasteiger partial charge in [0.05, 0.1) is 24.6 Å². The zero-order valence-corrected chi connectivity index (χ0v) is 18.8. The van der Waals surface area contributed by atoms with Crippen molar-refractivity contribution < 1.29 is 14.3 Å². The van der Waals surface area contributed by atoms with Crippen LogP contribution in [-0.2, 0) is 16.0 Å². The van der Waals surface area contributed by atoms with Gasteiger partial charge in [0.2, 0.25) is 5.91 Å². The summed E-state index contributed by atoms with van der Waals surface area (Å²) in [7, 11) is 1.63. The molecular weight excluding hydrogens is 439 g/mol. The first-order valence-corrected chi connectivity index (χ1v) is 11.0. The molecule has 0 radical (unpaired) electrons. The van der Waals surface area contributed by atoms with Gasteiger partial charge in [0.1, 0.15) is 6.61 Å². The number of halogens is 2. The summed E-state index contributed by atoms with van der Waals surface area (Å²) < 4.78 is 13.0. The number of carbonyl (C=O) groups is 1. The summed E-state index contributed by atoms with van der Waals surface area (Å²) in [6.07, 6.45) is 3.79. The van der Waals surface area contributed by atoms with Crippen LogP contribution in [0.5, 0.6) is 6.01 Å². The number of amides is 1. The number of benzene rings is 1. The highest BCUT2D eigenvalue weighted by Gasteiger charge is 2.28. The number of fused-ring (bicyclic) bond motifs is 1. The number of nitrogens with zero attached hydrogens (tertiary/aromatic N) is 4. The Bertz CT molecular complexity index is 1050. The highest BCUT2D eigenvalue weighted by atomic mass is 35.5. The molecule has 164 valence electrons. The first-order chi connectivity index (χ1) is 15.0. The number of ether oxygens (including phenoxy) is 2. The molecule has 1 aliphatic rings. The number of aromatic nitrogens is 3. The molecule has 4 rings (SSSR count). The van der Waals surface area contributed by atoms with E-state index in [2.05, 4.69) is 14.5 Å². The minimum atomic E-state index is 0.0485. The fraction of sp³-hybridized carbons (Fsp3) is 0.409. The van der Waals surface area contributed by atoms with Crippen LogP contribution in [0.3, 0.4) is 0 Å². The second-order valence-electron chi connectivity index (χ2n) is 7.54. The van der Waals surface area contributed by atoms with Crippen LogP contribution in [0.25, 0.3) is 11.2 Å². The van der Waals surface area contributed by atoms with E-state index in [-0.39, 0.29) is 18.4 Å². The summed E-state index contributed by atoms with van der Waals surface area (Å²) >= 11 is 12.2. The highest BCUT2D eigenvalue weighted by molar-refractivity contribution is 6.34. The number of methoxy groups -OCH3 is 1. The topological polar surface area (TPSA) is 69.5 Å². The Morgan fingerprint density at radius 1 is 1.23 bits per heavy atom. The zero-order chi connectivity index (χ0) is 21.8. The molecule has 0 N–H and O–H groups in total. The molecule has 1 fully saturated rings. The summed E-state index contributed by atoms with van der Waals surface area (Å²) in [6, 6.07) is 9.64. The fourth-order valence-corrected chi connectivity index (χ4v) is 4.54. The molecule has 9 heteroatoms. The molecule has 0 spiro atoms. The second kappa shape index (κ2) is 9.85. The van der Waals surface area contributed by atoms with Crippen LogP contribution in [0, 0.1) is 0 Å². The van der Waals surface area contributed by atoms with Gasteiger partial charge in [-0.2, -0.15) is 4.98 Å². The lowest BCUT2D eigenvalue weighted by molar-refractivity contribution is -0.132. The third-order valence-electron chi connectivity index (χ3n) is 5.34. The lowest BCUT2D eigenvalue weighted by atomic mass is 10.0. The maximum atomic E-state index is 13.0. The van der Waals surface area contributed by atoms with Gasteiger partial charge in [-0.05, 0) is 48.7 Å². The van der Waals surface area contributed by atoms with Crippen molar-refractivity contribution in [3.8, 4) is 6.01 Å². The third kappa shape index (κ3) is 5.11. The third-order valence-corrected chi connectivity index (χ3v) is 5.78. The fourth-order valence-electron chi connectivity index (χ4n) is 3.97. The van der Waals surface area contributed by atoms with E-state index in [4.69, 9.17) is 32.7 Å². The smallest absolute Gasteiger partial charge is 0.299 e. The minimum Gasteiger partial charge on any atom is -0.462 e. The van der Waals surface area contributed by atoms with E-state index in [1.54, 1.807) is 31.5 Å². The molecule has 3 aromatic rings. The average molecular weight is 463 g/mol. The van der Waals surface area contributed by atoms with Gasteiger partial charge in [0.15, 0.2) is 5.65 Å². The van der Waals surface area contributed by atoms with Crippen molar-refractivity contribution in [1.82, 2.24) is 19.4 Å². The number of rotatable bonds is 7. The molecule has 2 aromatic heterocycles. The van der Waals surface area contributed by atoms with Crippen molar-refractivity contribution in [2.75, 3.05) is 33.4 Å². The molecule has 0 bridgehead atoms. The molecule has 0 aliphatic carbocycles. The van der Waals surface area contributed by atoms with Crippen molar-refractivity contribution in [3.63, 3.8) is 0 Å². The molecule has 1 aromatic carbocycles. The molecule has 1 aliphatic heterocycles. The zero-order valence-electron chi connectivity index (χ0n) is 17.3. The number of hydrogen-bond donors (Lipinski definition) is 0. The Labute approximate surface area is 190 Å². The van der Waals surface area contributed by atoms with E-state index >= 15 is 0 Å². The van der Waals surface area contributed by atoms with Gasteiger partial charge in [-0.1, -0.05) is 23.2 Å². The monoisotopic (exact) mass is 462 g/mol. The van der Waals surface area contributed by atoms with Gasteiger partial charge in [-0.25, -0.2) is 4.98 Å². The summed E-state index contributed by atoms with van der Waals surface area (Å²) in [5.41, 5.74) is 2.34. The second-order valence-corrected chi connectivity index (χ2v) is 8.41. The highest BCUT2D eigenvalue weighted by Crippen LogP contribution is 2.31. The average Bonchev–Trinajstić information content (AvgIpc) is 3.11. The van der Waals surface area contributed by atoms with E-state index in [9.17, 15) is 4.79 Å². The van der Waals surface area contributed by atoms with E-state index in [0.29, 0.717) is 48.0 Å². The van der Waals surface area contributed by atoms with Gasteiger partial charge in [0, 0.05) is 36.4 Å². The largest absolute Gasteiger partial charge is 0.462 e. The van der Waals surface area contributed by atoms with Gasteiger partial charge in [-0.15, -0.1) is 0 Å². The normalized spacial score (nSPS) is 16.6. The predicted molar refractivity (Wildman–Crippen MR) is 120 cm³/mol. The van der Waals surface area contributed by atoms with Crippen molar-refractivity contribution in [2.24, 2.45) is 0 Å². The van der Waals surface area contributed by atoms with E-state index < -0.39 is 0 Å². The van der Waals surface area contributed by atoms with Crippen molar-refractivity contribution in [1.29, 1.82) is 0 Å². The molecule has 1 saturated heterocycles. The number of pyridine rings is 1. The molecule has 1 atom stereocenters. The van der Waals surface area contributed by atoms with Crippen molar-refractivity contribution in [3.05, 3.63) is 52.1 Å². The molecule has 0 unspecified atom stereocenters. The molecule has 31 heavy (non-hydrogen) atoms. The lowest BCUT2D eigenvalue weighted by Crippen LogP contribution is -2.41. The molecule has 1 amide bonds. The van der Waals surface area contributed by atoms with Gasteiger partial charge in [-0.3, -0.25) is 9.36 Å². The standard InChI is InChI=1S/C22H24Cl2N4O3/c1-30-8-9-31-22-26-21-19(5-2-6-25-21)28(22)18-4-3-7-27(14-18)20(29)12-15-10-16(23)13-17(24)11-15/h2,5-6,10-11,13,18H,3-4,7-9,12,14H2,1H3/t18-/m0/s1. The van der Waals surface area contributed by atoms with E-state index in [1.807, 2.05) is 17.0 Å². The predicted octanol–water partition coefficient (Wildman–Crippen LogP) is 4.17. The van der Waals surface area contributed by atoms with Gasteiger partial charge < -0.3 is 14.4 Å². The first-order valence-electron chi connectivity index (χ1n) is 10.2. The number of likely N-dealkylation sites (tertiary alicyclic amines) is 1. The molecule has 7 nitrogen and oxygen atoms in total. The van der Waals surface area contributed by atoms with Crippen molar-refractivity contribution >= 4 is 40.3 Å². The number of piperidine rings is 1. The van der Waals surface area contributed by atoms with Gasteiger partial charge in [0.25, 0.3) is 6.01 Å². The lowest BCUT2D eigenvalue weighted by Gasteiger charge is -2.34.